The van der Waals surface area contributed by atoms with Gasteiger partial charge in [-0.3, -0.25) is 24.0 Å². The van der Waals surface area contributed by atoms with E-state index in [4.69, 9.17) is 59.7 Å². The lowest BCUT2D eigenvalue weighted by atomic mass is 9.93. The summed E-state index contributed by atoms with van der Waals surface area (Å²) in [6.07, 6.45) is 17.6. The summed E-state index contributed by atoms with van der Waals surface area (Å²) in [4.78, 5) is 96.8. The fraction of sp³-hybridized carbons (Fsp3) is 0.462. The highest BCUT2D eigenvalue weighted by molar-refractivity contribution is 6.35. The number of aryl methyl sites for hydroxylation is 2. The zero-order chi connectivity index (χ0) is 64.9. The van der Waals surface area contributed by atoms with E-state index in [1.54, 1.807) is 18.3 Å². The largest absolute Gasteiger partial charge is 0.466 e. The fourth-order valence-corrected chi connectivity index (χ4v) is 12.2. The van der Waals surface area contributed by atoms with E-state index in [1.807, 2.05) is 68.7 Å². The molecule has 6 aromatic heterocycles. The third kappa shape index (κ3) is 19.6. The lowest BCUT2D eigenvalue weighted by molar-refractivity contribution is -0.145. The second-order valence-electron chi connectivity index (χ2n) is 23.1. The summed E-state index contributed by atoms with van der Waals surface area (Å²) in [5, 5.41) is 15.9. The number of rotatable bonds is 15. The van der Waals surface area contributed by atoms with Crippen LogP contribution in [0.4, 0.5) is 40.3 Å². The molecule has 3 fully saturated rings. The van der Waals surface area contributed by atoms with E-state index in [2.05, 4.69) is 77.9 Å². The van der Waals surface area contributed by atoms with Crippen molar-refractivity contribution in [2.24, 2.45) is 17.8 Å². The Labute approximate surface area is 549 Å². The van der Waals surface area contributed by atoms with Crippen LogP contribution in [0.1, 0.15) is 115 Å². The van der Waals surface area contributed by atoms with Crippen molar-refractivity contribution in [3.63, 3.8) is 0 Å². The van der Waals surface area contributed by atoms with Gasteiger partial charge in [0.1, 0.15) is 33.7 Å². The molecule has 3 saturated heterocycles. The SMILES string of the molecule is CCCCOC(=O)CC1CCN(c2nc(Nc3ccc4c(c3)CCC(=O)N4)nc3[nH]ccc23)CC1.CCOC(=O)CC1CCN(c2nc(Cl)nc3[nH]ccc23)CC1.CCOC(=O)CC1CCNCC1.Clc1nc(Cl)c2cc[nH]c2n1.Nc1ccc2c(c1)CCC(=O)N2. The molecule has 5 aliphatic rings. The van der Waals surface area contributed by atoms with Gasteiger partial charge in [-0.1, -0.05) is 24.9 Å². The van der Waals surface area contributed by atoms with Gasteiger partial charge in [-0.05, 0) is 191 Å². The predicted molar refractivity (Wildman–Crippen MR) is 360 cm³/mol. The number of anilines is 7. The van der Waals surface area contributed by atoms with Crippen LogP contribution in [0, 0.1) is 17.8 Å². The van der Waals surface area contributed by atoms with Crippen molar-refractivity contribution in [2.45, 2.75) is 117 Å². The van der Waals surface area contributed by atoms with Crippen LogP contribution in [0.15, 0.2) is 73.2 Å². The summed E-state index contributed by atoms with van der Waals surface area (Å²) >= 11 is 17.3. The normalized spacial score (nSPS) is 15.8. The van der Waals surface area contributed by atoms with E-state index in [9.17, 15) is 24.0 Å². The van der Waals surface area contributed by atoms with Crippen molar-refractivity contribution >= 4 is 138 Å². The van der Waals surface area contributed by atoms with Gasteiger partial charge in [-0.15, -0.1) is 0 Å². The molecule has 11 heterocycles. The Hall–Kier alpha value is -8.32. The highest BCUT2D eigenvalue weighted by atomic mass is 35.5. The first kappa shape index (κ1) is 68.1. The second-order valence-corrected chi connectivity index (χ2v) is 24.1. The lowest BCUT2D eigenvalue weighted by Crippen LogP contribution is -2.35. The third-order valence-corrected chi connectivity index (χ3v) is 17.0. The predicted octanol–water partition coefficient (Wildman–Crippen LogP) is 11.7. The van der Waals surface area contributed by atoms with Gasteiger partial charge >= 0.3 is 17.9 Å². The van der Waals surface area contributed by atoms with E-state index in [0.717, 1.165) is 176 Å². The Bertz CT molecular complexity index is 3780. The molecular formula is C65H81Cl3N16O8. The van der Waals surface area contributed by atoms with E-state index in [1.165, 1.54) is 0 Å². The zero-order valence-electron chi connectivity index (χ0n) is 52.2. The van der Waals surface area contributed by atoms with Crippen LogP contribution in [0.2, 0.25) is 15.7 Å². The fourth-order valence-electron chi connectivity index (χ4n) is 11.6. The summed E-state index contributed by atoms with van der Waals surface area (Å²) in [5.41, 5.74) is 13.4. The lowest BCUT2D eigenvalue weighted by Gasteiger charge is -2.33. The number of hydrogen-bond donors (Lipinski definition) is 8. The Morgan fingerprint density at radius 3 is 1.60 bits per heavy atom. The highest BCUT2D eigenvalue weighted by Crippen LogP contribution is 2.34. The van der Waals surface area contributed by atoms with Crippen molar-refractivity contribution in [3.8, 4) is 0 Å². The first-order valence-electron chi connectivity index (χ1n) is 31.7. The Kier molecular flexibility index (Phi) is 25.0. The van der Waals surface area contributed by atoms with Crippen LogP contribution in [0.25, 0.3) is 33.1 Å². The van der Waals surface area contributed by atoms with Crippen LogP contribution in [-0.2, 0) is 51.0 Å². The summed E-state index contributed by atoms with van der Waals surface area (Å²) in [7, 11) is 0. The number of hydrogen-bond acceptors (Lipinski definition) is 19. The molecule has 8 aromatic rings. The molecule has 0 spiro atoms. The topological polar surface area (TPSA) is 318 Å². The number of piperidine rings is 3. The van der Waals surface area contributed by atoms with Gasteiger partial charge < -0.3 is 66.0 Å². The molecule has 0 bridgehead atoms. The molecule has 0 unspecified atom stereocenters. The molecule has 490 valence electrons. The molecule has 92 heavy (non-hydrogen) atoms. The number of ether oxygens (including phenoxy) is 3. The number of amides is 2. The van der Waals surface area contributed by atoms with E-state index >= 15 is 0 Å². The average molecular weight is 1320 g/mol. The van der Waals surface area contributed by atoms with Crippen molar-refractivity contribution in [1.29, 1.82) is 0 Å². The van der Waals surface area contributed by atoms with Gasteiger partial charge in [0.25, 0.3) is 0 Å². The minimum absolute atomic E-state index is 0.0376. The maximum atomic E-state index is 12.1. The number of fused-ring (bicyclic) bond motifs is 5. The Morgan fingerprint density at radius 2 is 1.04 bits per heavy atom. The maximum absolute atomic E-state index is 12.1. The number of unbranched alkanes of at least 4 members (excludes halogenated alkanes) is 1. The van der Waals surface area contributed by atoms with Crippen molar-refractivity contribution in [3.05, 3.63) is 100 Å². The molecule has 9 N–H and O–H groups in total. The van der Waals surface area contributed by atoms with E-state index < -0.39 is 0 Å². The smallest absolute Gasteiger partial charge is 0.306 e. The summed E-state index contributed by atoms with van der Waals surface area (Å²) < 4.78 is 15.3. The number of carbonyl (C=O) groups excluding carboxylic acids is 5. The Morgan fingerprint density at radius 1 is 0.565 bits per heavy atom. The molecule has 0 radical (unpaired) electrons. The number of aromatic nitrogens is 9. The molecule has 2 amide bonds. The second kappa shape index (κ2) is 33.8. The number of halogens is 3. The zero-order valence-corrected chi connectivity index (χ0v) is 54.5. The van der Waals surface area contributed by atoms with Crippen LogP contribution in [-0.4, -0.2) is 134 Å². The molecule has 0 saturated carbocycles. The van der Waals surface area contributed by atoms with Crippen LogP contribution >= 0.6 is 34.8 Å². The van der Waals surface area contributed by atoms with Crippen molar-refractivity contribution in [2.75, 3.05) is 90.6 Å². The van der Waals surface area contributed by atoms with Crippen LogP contribution < -0.4 is 36.8 Å². The number of esters is 3. The van der Waals surface area contributed by atoms with Crippen LogP contribution in [0.5, 0.6) is 0 Å². The van der Waals surface area contributed by atoms with Gasteiger partial charge in [-0.25, -0.2) is 4.98 Å². The summed E-state index contributed by atoms with van der Waals surface area (Å²) in [6.45, 7) is 12.7. The molecular weight excluding hydrogens is 1240 g/mol. The highest BCUT2D eigenvalue weighted by Gasteiger charge is 2.27. The maximum Gasteiger partial charge on any atom is 0.306 e. The summed E-state index contributed by atoms with van der Waals surface area (Å²) in [5.74, 6) is 3.49. The van der Waals surface area contributed by atoms with Crippen molar-refractivity contribution in [1.82, 2.24) is 50.2 Å². The number of nitrogens with zero attached hydrogens (tertiary/aromatic N) is 8. The first-order valence-corrected chi connectivity index (χ1v) is 32.8. The molecule has 24 nitrogen and oxygen atoms in total. The molecule has 2 aromatic carbocycles. The third-order valence-electron chi connectivity index (χ3n) is 16.4. The van der Waals surface area contributed by atoms with Gasteiger partial charge in [0.05, 0.1) is 36.0 Å². The number of H-pyrrole nitrogens is 3. The van der Waals surface area contributed by atoms with Gasteiger partial charge in [0.15, 0.2) is 0 Å². The number of nitrogens with one attached hydrogen (secondary N) is 7. The van der Waals surface area contributed by atoms with Gasteiger partial charge in [0.2, 0.25) is 28.3 Å². The Balaban J connectivity index is 0.000000149. The van der Waals surface area contributed by atoms with Crippen LogP contribution in [0.3, 0.4) is 0 Å². The molecule has 5 aliphatic heterocycles. The minimum Gasteiger partial charge on any atom is -0.466 e. The molecule has 0 aliphatic carbocycles. The number of aromatic amines is 3. The van der Waals surface area contributed by atoms with Gasteiger partial charge in [0, 0.05) is 99.6 Å². The monoisotopic (exact) mass is 1320 g/mol. The summed E-state index contributed by atoms with van der Waals surface area (Å²) in [6, 6.07) is 17.2. The average Bonchev–Trinajstić information content (AvgIpc) is 1.59. The number of nitrogens with two attached hydrogens (primary N) is 1. The minimum atomic E-state index is -0.0981. The number of nitrogen functional groups attached to an aromatic ring is 1. The number of benzene rings is 2. The first-order chi connectivity index (χ1) is 44.6. The molecule has 0 atom stereocenters. The van der Waals surface area contributed by atoms with E-state index in [0.29, 0.717) is 86.4 Å². The van der Waals surface area contributed by atoms with Crippen molar-refractivity contribution < 1.29 is 38.2 Å². The van der Waals surface area contributed by atoms with Gasteiger partial charge in [-0.2, -0.15) is 24.9 Å². The number of carbonyl (C=O) groups is 5. The molecule has 13 rings (SSSR count). The molecule has 27 heteroatoms. The van der Waals surface area contributed by atoms with E-state index in [-0.39, 0.29) is 40.3 Å². The standard InChI is InChI=1S/C26H32N6O3.C15H19ClN4O2.C9H10N2O.C9H17NO2.C6H3Cl2N3/c1-2-3-14-35-23(34)15-17-9-12-32(13-10-17)25-20-8-11-27-24(20)30-26(31-25)28-19-5-6-21-18(16-19)4-7-22(33)29-21;1-2-22-12(21)9-10-4-7-20(8-5-10)14-11-3-6-17-13(11)18-15(16)19-14;10-7-2-3-8-6(5-7)1-4-9(12)11-8;1-2-12-9(11)7-8-3-5-10-6-4-8;7-4-3-1-2-9-5(3)11-6(8)10-4/h5-6,8,11,16-17H,2-4,7,9-10,12-15H2,1H3,(H,29,33)(H2,27,28,30,31);3,6,10H,2,4-5,7-9H2,1H3,(H,17,18,19);2-3,5H,1,4,10H2,(H,11,12);8,10H,2-7H2,1H3;1-2H,(H,9,10,11). The quantitative estimate of drug-likeness (QED) is 0.0118.